The predicted molar refractivity (Wildman–Crippen MR) is 79.7 cm³/mol. The average Bonchev–Trinajstić information content (AvgIpc) is 2.46. The maximum Gasteiger partial charge on any atom is 0.123 e. The molecule has 0 aliphatic carbocycles. The summed E-state index contributed by atoms with van der Waals surface area (Å²) < 4.78 is 13.5. The number of fused-ring (bicyclic) bond motifs is 1. The van der Waals surface area contributed by atoms with Crippen molar-refractivity contribution in [1.82, 2.24) is 4.98 Å². The second-order valence-electron chi connectivity index (χ2n) is 4.94. The number of hydrogen-bond acceptors (Lipinski definition) is 2. The molecule has 3 rings (SSSR count). The molecule has 20 heavy (non-hydrogen) atoms. The van der Waals surface area contributed by atoms with Gasteiger partial charge in [-0.3, -0.25) is 4.98 Å². The van der Waals surface area contributed by atoms with Crippen molar-refractivity contribution in [2.45, 2.75) is 13.0 Å². The molecule has 2 nitrogen and oxygen atoms in total. The third-order valence-electron chi connectivity index (χ3n) is 3.41. The Morgan fingerprint density at radius 1 is 1.10 bits per heavy atom. The summed E-state index contributed by atoms with van der Waals surface area (Å²) in [4.78, 5) is 4.42. The van der Waals surface area contributed by atoms with Crippen LogP contribution in [0.4, 0.5) is 4.39 Å². The molecule has 0 saturated carbocycles. The molecule has 1 atom stereocenters. The van der Waals surface area contributed by atoms with Crippen LogP contribution in [0.1, 0.15) is 18.5 Å². The Morgan fingerprint density at radius 2 is 1.90 bits per heavy atom. The number of benzene rings is 2. The Morgan fingerprint density at radius 3 is 2.70 bits per heavy atom. The Kier molecular flexibility index (Phi) is 3.20. The molecule has 100 valence electrons. The topological polar surface area (TPSA) is 38.9 Å². The van der Waals surface area contributed by atoms with Crippen LogP contribution in [0.2, 0.25) is 0 Å². The molecule has 1 unspecified atom stereocenters. The minimum atomic E-state index is -0.266. The highest BCUT2D eigenvalue weighted by molar-refractivity contribution is 5.84. The molecular weight excluding hydrogens is 251 g/mol. The zero-order valence-electron chi connectivity index (χ0n) is 11.2. The third kappa shape index (κ3) is 2.28. The first-order valence-electron chi connectivity index (χ1n) is 6.55. The van der Waals surface area contributed by atoms with Crippen LogP contribution >= 0.6 is 0 Å². The molecule has 1 aromatic heterocycles. The first-order valence-corrected chi connectivity index (χ1v) is 6.55. The lowest BCUT2D eigenvalue weighted by Gasteiger charge is -2.13. The maximum absolute atomic E-state index is 13.5. The molecule has 3 aromatic rings. The molecule has 0 aliphatic rings. The van der Waals surface area contributed by atoms with Crippen molar-refractivity contribution < 1.29 is 4.39 Å². The number of para-hydroxylation sites is 1. The fourth-order valence-electron chi connectivity index (χ4n) is 2.39. The minimum absolute atomic E-state index is 0.155. The van der Waals surface area contributed by atoms with Gasteiger partial charge in [-0.2, -0.15) is 0 Å². The van der Waals surface area contributed by atoms with Gasteiger partial charge in [0.25, 0.3) is 0 Å². The highest BCUT2D eigenvalue weighted by Gasteiger charge is 2.11. The second-order valence-corrected chi connectivity index (χ2v) is 4.94. The van der Waals surface area contributed by atoms with Crippen molar-refractivity contribution in [2.24, 2.45) is 5.73 Å². The first-order chi connectivity index (χ1) is 9.65. The van der Waals surface area contributed by atoms with Crippen molar-refractivity contribution in [2.75, 3.05) is 0 Å². The molecular formula is C17H15FN2. The Hall–Kier alpha value is -2.26. The van der Waals surface area contributed by atoms with Gasteiger partial charge in [0.15, 0.2) is 0 Å². The van der Waals surface area contributed by atoms with E-state index in [1.165, 1.54) is 12.1 Å². The van der Waals surface area contributed by atoms with Crippen molar-refractivity contribution in [1.29, 1.82) is 0 Å². The summed E-state index contributed by atoms with van der Waals surface area (Å²) in [5.74, 6) is -0.266. The summed E-state index contributed by atoms with van der Waals surface area (Å²) in [6, 6.07) is 14.4. The van der Waals surface area contributed by atoms with Crippen molar-refractivity contribution in [3.8, 4) is 11.1 Å². The van der Waals surface area contributed by atoms with E-state index in [-0.39, 0.29) is 11.9 Å². The van der Waals surface area contributed by atoms with E-state index in [0.29, 0.717) is 0 Å². The van der Waals surface area contributed by atoms with Crippen LogP contribution in [0.3, 0.4) is 0 Å². The molecule has 0 radical (unpaired) electrons. The van der Waals surface area contributed by atoms with E-state index < -0.39 is 0 Å². The summed E-state index contributed by atoms with van der Waals surface area (Å²) in [6.45, 7) is 1.89. The van der Waals surface area contributed by atoms with Gasteiger partial charge in [0.05, 0.1) is 5.52 Å². The lowest BCUT2D eigenvalue weighted by Crippen LogP contribution is -2.07. The smallest absolute Gasteiger partial charge is 0.123 e. The summed E-state index contributed by atoms with van der Waals surface area (Å²) in [7, 11) is 0. The lowest BCUT2D eigenvalue weighted by molar-refractivity contribution is 0.626. The molecule has 0 fully saturated rings. The monoisotopic (exact) mass is 266 g/mol. The average molecular weight is 266 g/mol. The van der Waals surface area contributed by atoms with Gasteiger partial charge >= 0.3 is 0 Å². The summed E-state index contributed by atoms with van der Waals surface area (Å²) in [5.41, 5.74) is 9.51. The Labute approximate surface area is 117 Å². The van der Waals surface area contributed by atoms with Crippen LogP contribution in [0, 0.1) is 5.82 Å². The van der Waals surface area contributed by atoms with Crippen LogP contribution in [0.25, 0.3) is 22.0 Å². The molecule has 2 N–H and O–H groups in total. The molecule has 0 spiro atoms. The highest BCUT2D eigenvalue weighted by Crippen LogP contribution is 2.29. The normalized spacial score (nSPS) is 12.6. The van der Waals surface area contributed by atoms with Gasteiger partial charge in [-0.1, -0.05) is 24.3 Å². The second kappa shape index (κ2) is 5.02. The fraction of sp³-hybridized carbons (Fsp3) is 0.118. The van der Waals surface area contributed by atoms with Gasteiger partial charge in [0.2, 0.25) is 0 Å². The number of nitrogens with zero attached hydrogens (tertiary/aromatic N) is 1. The predicted octanol–water partition coefficient (Wildman–Crippen LogP) is 4.06. The zero-order chi connectivity index (χ0) is 14.1. The van der Waals surface area contributed by atoms with Gasteiger partial charge < -0.3 is 5.73 Å². The SMILES string of the molecule is CC(N)c1ccc(F)cc1-c1cnc2ccccc2c1. The van der Waals surface area contributed by atoms with Gasteiger partial charge in [0, 0.05) is 23.2 Å². The van der Waals surface area contributed by atoms with Crippen LogP contribution in [0.15, 0.2) is 54.7 Å². The molecule has 3 heteroatoms. The van der Waals surface area contributed by atoms with E-state index in [0.717, 1.165) is 27.6 Å². The molecule has 0 amide bonds. The number of nitrogens with two attached hydrogens (primary N) is 1. The molecule has 0 aliphatic heterocycles. The van der Waals surface area contributed by atoms with Gasteiger partial charge in [0.1, 0.15) is 5.82 Å². The Bertz CT molecular complexity index is 766. The summed E-state index contributed by atoms with van der Waals surface area (Å²) in [6.07, 6.45) is 1.77. The van der Waals surface area contributed by atoms with E-state index in [1.54, 1.807) is 12.3 Å². The summed E-state index contributed by atoms with van der Waals surface area (Å²) in [5, 5.41) is 1.03. The van der Waals surface area contributed by atoms with E-state index in [2.05, 4.69) is 4.98 Å². The molecule has 1 heterocycles. The van der Waals surface area contributed by atoms with Crippen molar-refractivity contribution >= 4 is 10.9 Å². The number of rotatable bonds is 2. The van der Waals surface area contributed by atoms with Gasteiger partial charge in [-0.05, 0) is 42.3 Å². The van der Waals surface area contributed by atoms with E-state index in [4.69, 9.17) is 5.73 Å². The number of pyridine rings is 1. The number of halogens is 1. The van der Waals surface area contributed by atoms with Crippen LogP contribution in [0.5, 0.6) is 0 Å². The molecule has 2 aromatic carbocycles. The quantitative estimate of drug-likeness (QED) is 0.759. The van der Waals surface area contributed by atoms with Crippen molar-refractivity contribution in [3.05, 3.63) is 66.1 Å². The third-order valence-corrected chi connectivity index (χ3v) is 3.41. The maximum atomic E-state index is 13.5. The van der Waals surface area contributed by atoms with Gasteiger partial charge in [-0.15, -0.1) is 0 Å². The zero-order valence-corrected chi connectivity index (χ0v) is 11.2. The molecule has 0 bridgehead atoms. The minimum Gasteiger partial charge on any atom is -0.324 e. The number of aromatic nitrogens is 1. The van der Waals surface area contributed by atoms with E-state index >= 15 is 0 Å². The lowest BCUT2D eigenvalue weighted by atomic mass is 9.96. The van der Waals surface area contributed by atoms with E-state index in [9.17, 15) is 4.39 Å². The first kappa shape index (κ1) is 12.8. The Balaban J connectivity index is 2.22. The van der Waals surface area contributed by atoms with Crippen LogP contribution in [-0.2, 0) is 0 Å². The molecule has 0 saturated heterocycles. The highest BCUT2D eigenvalue weighted by atomic mass is 19.1. The standard InChI is InChI=1S/C17H15FN2/c1-11(19)15-7-6-14(18)9-16(15)13-8-12-4-2-3-5-17(12)20-10-13/h2-11H,19H2,1H3. The summed E-state index contributed by atoms with van der Waals surface area (Å²) >= 11 is 0. The van der Waals surface area contributed by atoms with Crippen LogP contribution < -0.4 is 5.73 Å². The fourth-order valence-corrected chi connectivity index (χ4v) is 2.39. The van der Waals surface area contributed by atoms with E-state index in [1.807, 2.05) is 37.3 Å². The largest absolute Gasteiger partial charge is 0.324 e. The number of hydrogen-bond donors (Lipinski definition) is 1. The van der Waals surface area contributed by atoms with Crippen molar-refractivity contribution in [3.63, 3.8) is 0 Å². The van der Waals surface area contributed by atoms with Crippen LogP contribution in [-0.4, -0.2) is 4.98 Å². The van der Waals surface area contributed by atoms with Gasteiger partial charge in [-0.25, -0.2) is 4.39 Å².